The average Bonchev–Trinajstić information content (AvgIpc) is 3.39. The highest BCUT2D eigenvalue weighted by Gasteiger charge is 2.28. The van der Waals surface area contributed by atoms with E-state index in [2.05, 4.69) is 28.8 Å². The van der Waals surface area contributed by atoms with Gasteiger partial charge in [-0.05, 0) is 83.2 Å². The minimum absolute atomic E-state index is 0.166. The summed E-state index contributed by atoms with van der Waals surface area (Å²) in [7, 11) is -3.66. The molecule has 6 aromatic rings. The van der Waals surface area contributed by atoms with Gasteiger partial charge in [0.05, 0.1) is 29.5 Å². The maximum Gasteiger partial charge on any atom is 0.335 e. The lowest BCUT2D eigenvalue weighted by molar-refractivity contribution is 0.0697. The molecule has 0 aliphatic carbocycles. The van der Waals surface area contributed by atoms with Crippen molar-refractivity contribution in [3.63, 3.8) is 0 Å². The number of carbonyl (C=O) groups is 1. The summed E-state index contributed by atoms with van der Waals surface area (Å²) in [5.74, 6) is -0.461. The van der Waals surface area contributed by atoms with Crippen LogP contribution in [0.3, 0.4) is 0 Å². The van der Waals surface area contributed by atoms with Crippen LogP contribution >= 0.6 is 35.1 Å². The van der Waals surface area contributed by atoms with Crippen molar-refractivity contribution < 1.29 is 23.1 Å². The molecule has 1 heterocycles. The van der Waals surface area contributed by atoms with Crippen LogP contribution in [0.1, 0.15) is 38.8 Å². The van der Waals surface area contributed by atoms with Crippen LogP contribution in [0.15, 0.2) is 132 Å². The number of ether oxygens (including phenoxy) is 1. The van der Waals surface area contributed by atoms with E-state index in [-0.39, 0.29) is 24.8 Å². The molecule has 7 nitrogen and oxygen atoms in total. The first-order valence-electron chi connectivity index (χ1n) is 15.9. The Morgan fingerprint density at radius 1 is 0.840 bits per heavy atom. The molecule has 0 atom stereocenters. The van der Waals surface area contributed by atoms with Gasteiger partial charge in [-0.1, -0.05) is 96.0 Å². The zero-order valence-corrected chi connectivity index (χ0v) is 30.2. The molecule has 5 aromatic carbocycles. The minimum atomic E-state index is -3.66. The number of rotatable bonds is 14. The normalized spacial score (nSPS) is 11.8. The van der Waals surface area contributed by atoms with Gasteiger partial charge in [-0.15, -0.1) is 3.71 Å². The summed E-state index contributed by atoms with van der Waals surface area (Å²) in [5.41, 5.74) is 5.19. The third kappa shape index (κ3) is 8.20. The van der Waals surface area contributed by atoms with Crippen LogP contribution in [0.25, 0.3) is 10.9 Å². The van der Waals surface area contributed by atoms with Gasteiger partial charge < -0.3 is 14.4 Å². The van der Waals surface area contributed by atoms with Gasteiger partial charge in [-0.3, -0.25) is 0 Å². The SMILES string of the molecule is CS(=O)(=O)N(CCc1c(CCOc2ccc(C(=O)O)cc2)c2cc(Cl)ccc2n1C(c1ccccc1)c1ccccc1)Sc1ccccc1Cl. The first kappa shape index (κ1) is 35.6. The molecule has 1 aromatic heterocycles. The number of sulfonamides is 1. The molecule has 1 N–H and O–H groups in total. The van der Waals surface area contributed by atoms with Crippen LogP contribution in [0.2, 0.25) is 10.0 Å². The second-order valence-corrected chi connectivity index (χ2v) is 15.7. The number of aromatic carboxylic acids is 1. The van der Waals surface area contributed by atoms with E-state index in [0.717, 1.165) is 45.2 Å². The number of halogens is 2. The largest absolute Gasteiger partial charge is 0.493 e. The Labute approximate surface area is 306 Å². The monoisotopic (exact) mass is 744 g/mol. The fraction of sp³-hybridized carbons (Fsp3) is 0.154. The lowest BCUT2D eigenvalue weighted by Gasteiger charge is -2.26. The smallest absolute Gasteiger partial charge is 0.335 e. The molecule has 0 bridgehead atoms. The summed E-state index contributed by atoms with van der Waals surface area (Å²) < 4.78 is 36.2. The van der Waals surface area contributed by atoms with E-state index in [9.17, 15) is 18.3 Å². The number of carboxylic acid groups (broad SMARTS) is 1. The molecular weight excluding hydrogens is 711 g/mol. The molecular formula is C39H34Cl2N2O5S2. The van der Waals surface area contributed by atoms with Crippen LogP contribution in [-0.4, -0.2) is 47.2 Å². The van der Waals surface area contributed by atoms with Crippen molar-refractivity contribution in [2.24, 2.45) is 0 Å². The number of benzene rings is 5. The highest BCUT2D eigenvalue weighted by molar-refractivity contribution is 8.08. The summed E-state index contributed by atoms with van der Waals surface area (Å²) >= 11 is 14.2. The fourth-order valence-corrected chi connectivity index (χ4v) is 8.40. The molecule has 50 heavy (non-hydrogen) atoms. The van der Waals surface area contributed by atoms with Crippen LogP contribution in [0.5, 0.6) is 5.75 Å². The Morgan fingerprint density at radius 3 is 2.06 bits per heavy atom. The lowest BCUT2D eigenvalue weighted by Crippen LogP contribution is -2.27. The number of hydrogen-bond donors (Lipinski definition) is 1. The van der Waals surface area contributed by atoms with Gasteiger partial charge in [0, 0.05) is 45.9 Å². The Bertz CT molecular complexity index is 2170. The summed E-state index contributed by atoms with van der Waals surface area (Å²) in [6.07, 6.45) is 2.05. The first-order valence-corrected chi connectivity index (χ1v) is 19.3. The van der Waals surface area contributed by atoms with Gasteiger partial charge >= 0.3 is 5.97 Å². The molecule has 6 rings (SSSR count). The summed E-state index contributed by atoms with van der Waals surface area (Å²) in [5, 5.41) is 11.3. The van der Waals surface area contributed by atoms with Crippen molar-refractivity contribution in [3.8, 4) is 5.75 Å². The predicted molar refractivity (Wildman–Crippen MR) is 202 cm³/mol. The van der Waals surface area contributed by atoms with Crippen LogP contribution in [0.4, 0.5) is 0 Å². The van der Waals surface area contributed by atoms with Gasteiger partial charge in [0.25, 0.3) is 0 Å². The highest BCUT2D eigenvalue weighted by Crippen LogP contribution is 2.39. The molecule has 0 aliphatic heterocycles. The number of aromatic nitrogens is 1. The number of fused-ring (bicyclic) bond motifs is 1. The quantitative estimate of drug-likeness (QED) is 0.112. The van der Waals surface area contributed by atoms with Crippen molar-refractivity contribution >= 4 is 62.0 Å². The maximum atomic E-state index is 13.2. The Balaban J connectivity index is 1.47. The molecule has 0 unspecified atom stereocenters. The van der Waals surface area contributed by atoms with Crippen molar-refractivity contribution in [3.05, 3.63) is 165 Å². The van der Waals surface area contributed by atoms with Gasteiger partial charge in [0.1, 0.15) is 5.75 Å². The molecule has 0 fully saturated rings. The van der Waals surface area contributed by atoms with Gasteiger partial charge in [0.2, 0.25) is 10.0 Å². The fourth-order valence-electron chi connectivity index (χ4n) is 6.08. The molecule has 11 heteroatoms. The second-order valence-electron chi connectivity index (χ2n) is 11.7. The van der Waals surface area contributed by atoms with E-state index in [1.807, 2.05) is 66.7 Å². The van der Waals surface area contributed by atoms with Gasteiger partial charge in [-0.25, -0.2) is 13.2 Å². The van der Waals surface area contributed by atoms with E-state index in [1.54, 1.807) is 24.3 Å². The third-order valence-corrected chi connectivity index (χ3v) is 11.9. The maximum absolute atomic E-state index is 13.2. The molecule has 0 spiro atoms. The van der Waals surface area contributed by atoms with Crippen LogP contribution in [0, 0.1) is 0 Å². The van der Waals surface area contributed by atoms with E-state index in [1.165, 1.54) is 22.1 Å². The zero-order valence-electron chi connectivity index (χ0n) is 27.1. The van der Waals surface area contributed by atoms with Crippen molar-refractivity contribution in [2.45, 2.75) is 23.8 Å². The summed E-state index contributed by atoms with van der Waals surface area (Å²) in [6, 6.07) is 39.5. The summed E-state index contributed by atoms with van der Waals surface area (Å²) in [4.78, 5) is 12.0. The third-order valence-electron chi connectivity index (χ3n) is 8.33. The summed E-state index contributed by atoms with van der Waals surface area (Å²) in [6.45, 7) is 0.454. The number of nitrogens with zero attached hydrogens (tertiary/aromatic N) is 2. The second kappa shape index (κ2) is 15.7. The standard InChI is InChI=1S/C39H34Cl2N2O5S2/c1-50(46,47)42(49-37-15-9-8-14-34(37)41)24-22-36-32(23-25-48-31-19-16-29(17-20-31)39(44)45)33-26-30(40)18-21-35(33)43(36)38(27-10-4-2-5-11-27)28-12-6-3-7-13-28/h2-21,26,38H,22-25H2,1H3,(H,44,45). The van der Waals surface area contributed by atoms with E-state index in [4.69, 9.17) is 27.9 Å². The Hall–Kier alpha value is -4.25. The van der Waals surface area contributed by atoms with Gasteiger partial charge in [-0.2, -0.15) is 0 Å². The molecule has 0 radical (unpaired) electrons. The van der Waals surface area contributed by atoms with Crippen molar-refractivity contribution in [2.75, 3.05) is 19.4 Å². The minimum Gasteiger partial charge on any atom is -0.493 e. The number of hydrogen-bond acceptors (Lipinski definition) is 5. The Kier molecular flexibility index (Phi) is 11.2. The van der Waals surface area contributed by atoms with E-state index in [0.29, 0.717) is 33.5 Å². The molecule has 256 valence electrons. The van der Waals surface area contributed by atoms with Gasteiger partial charge in [0.15, 0.2) is 0 Å². The first-order chi connectivity index (χ1) is 24.1. The Morgan fingerprint density at radius 2 is 1.46 bits per heavy atom. The van der Waals surface area contributed by atoms with Crippen LogP contribution < -0.4 is 4.74 Å². The highest BCUT2D eigenvalue weighted by atomic mass is 35.5. The zero-order chi connectivity index (χ0) is 35.3. The predicted octanol–water partition coefficient (Wildman–Crippen LogP) is 9.42. The topological polar surface area (TPSA) is 88.8 Å². The van der Waals surface area contributed by atoms with Crippen LogP contribution in [-0.2, 0) is 22.9 Å². The average molecular weight is 746 g/mol. The van der Waals surface area contributed by atoms with E-state index >= 15 is 0 Å². The molecule has 0 saturated heterocycles. The van der Waals surface area contributed by atoms with Crippen molar-refractivity contribution in [1.29, 1.82) is 0 Å². The molecule has 0 saturated carbocycles. The van der Waals surface area contributed by atoms with Crippen molar-refractivity contribution in [1.82, 2.24) is 8.28 Å². The number of carboxylic acids is 1. The molecule has 0 aliphatic rings. The van der Waals surface area contributed by atoms with E-state index < -0.39 is 16.0 Å². The lowest BCUT2D eigenvalue weighted by atomic mass is 9.97. The molecule has 0 amide bonds.